The zero-order valence-corrected chi connectivity index (χ0v) is 21.1. The number of esters is 2. The Bertz CT molecular complexity index is 1220. The highest BCUT2D eigenvalue weighted by atomic mass is 16.6. The number of nitrogens with zero attached hydrogens (tertiary/aromatic N) is 7. The molecule has 2 fully saturated rings. The zero-order chi connectivity index (χ0) is 26.9. The number of amides is 1. The Morgan fingerprint density at radius 1 is 1.29 bits per heavy atom. The molecular formula is C24H29N7O7. The topological polar surface area (TPSA) is 162 Å². The first-order valence-electron chi connectivity index (χ1n) is 12.4. The molecule has 2 aromatic heterocycles. The van der Waals surface area contributed by atoms with E-state index >= 15 is 0 Å². The van der Waals surface area contributed by atoms with Gasteiger partial charge in [0.05, 0.1) is 30.5 Å². The average molecular weight is 528 g/mol. The molecule has 0 aliphatic carbocycles. The molecule has 202 valence electrons. The van der Waals surface area contributed by atoms with Gasteiger partial charge in [-0.2, -0.15) is 4.68 Å². The van der Waals surface area contributed by atoms with E-state index in [-0.39, 0.29) is 19.8 Å². The van der Waals surface area contributed by atoms with Crippen molar-refractivity contribution < 1.29 is 33.7 Å². The summed E-state index contributed by atoms with van der Waals surface area (Å²) in [6.07, 6.45) is 1.64. The molecule has 0 bridgehead atoms. The second-order valence-corrected chi connectivity index (χ2v) is 9.53. The molecule has 5 rings (SSSR count). The number of rotatable bonds is 8. The summed E-state index contributed by atoms with van der Waals surface area (Å²) in [7, 11) is 0. The van der Waals surface area contributed by atoms with Crippen LogP contribution in [-0.4, -0.2) is 104 Å². The number of aliphatic hydroxyl groups is 1. The van der Waals surface area contributed by atoms with Crippen LogP contribution in [0.4, 0.5) is 4.79 Å². The van der Waals surface area contributed by atoms with Crippen LogP contribution in [0.3, 0.4) is 0 Å². The Labute approximate surface area is 218 Å². The van der Waals surface area contributed by atoms with Gasteiger partial charge < -0.3 is 24.2 Å². The van der Waals surface area contributed by atoms with Crippen molar-refractivity contribution in [3.8, 4) is 5.82 Å². The molecule has 0 radical (unpaired) electrons. The van der Waals surface area contributed by atoms with Gasteiger partial charge >= 0.3 is 18.0 Å². The van der Waals surface area contributed by atoms with Crippen LogP contribution in [0.15, 0.2) is 35.9 Å². The minimum atomic E-state index is -1.03. The van der Waals surface area contributed by atoms with Crippen LogP contribution in [0, 0.1) is 5.41 Å². The quantitative estimate of drug-likeness (QED) is 0.372. The summed E-state index contributed by atoms with van der Waals surface area (Å²) in [5.41, 5.74) is 0.426. The summed E-state index contributed by atoms with van der Waals surface area (Å²) < 4.78 is 17.6. The molecule has 14 nitrogen and oxygen atoms in total. The lowest BCUT2D eigenvalue weighted by molar-refractivity contribution is -0.166. The lowest BCUT2D eigenvalue weighted by Crippen LogP contribution is -2.53. The Morgan fingerprint density at radius 3 is 2.68 bits per heavy atom. The fraction of sp³-hybridized carbons (Fsp3) is 0.542. The van der Waals surface area contributed by atoms with E-state index in [1.807, 2.05) is 0 Å². The van der Waals surface area contributed by atoms with Gasteiger partial charge in [0.1, 0.15) is 24.5 Å². The molecule has 2 aromatic rings. The number of carbonyl (C=O) groups excluding carboxylic acids is 3. The number of carbonyl (C=O) groups is 3. The number of aliphatic hydroxyl groups excluding tert-OH is 1. The number of hydrogen-bond donors (Lipinski definition) is 1. The molecule has 0 saturated carbocycles. The molecule has 14 heteroatoms. The largest absolute Gasteiger partial charge is 0.465 e. The Balaban J connectivity index is 1.25. The smallest absolute Gasteiger partial charge is 0.414 e. The number of tetrazole rings is 1. The summed E-state index contributed by atoms with van der Waals surface area (Å²) in [6.45, 7) is 4.98. The summed E-state index contributed by atoms with van der Waals surface area (Å²) >= 11 is 0. The maximum Gasteiger partial charge on any atom is 0.414 e. The van der Waals surface area contributed by atoms with Crippen LogP contribution < -0.4 is 0 Å². The molecule has 1 N–H and O–H groups in total. The predicted molar refractivity (Wildman–Crippen MR) is 127 cm³/mol. The van der Waals surface area contributed by atoms with Gasteiger partial charge in [0.25, 0.3) is 0 Å². The summed E-state index contributed by atoms with van der Waals surface area (Å²) in [4.78, 5) is 45.5. The van der Waals surface area contributed by atoms with Gasteiger partial charge in [-0.25, -0.2) is 14.6 Å². The normalized spacial score (nSPS) is 22.4. The van der Waals surface area contributed by atoms with Crippen LogP contribution in [0.1, 0.15) is 38.4 Å². The molecule has 1 unspecified atom stereocenters. The molecule has 0 spiro atoms. The molecular weight excluding hydrogens is 498 g/mol. The number of likely N-dealkylation sites (tertiary alicyclic amines) is 1. The second-order valence-electron chi connectivity index (χ2n) is 9.53. The lowest BCUT2D eigenvalue weighted by atomic mass is 9.73. The number of pyridine rings is 1. The van der Waals surface area contributed by atoms with Crippen LogP contribution in [-0.2, 0) is 23.8 Å². The maximum atomic E-state index is 13.2. The van der Waals surface area contributed by atoms with E-state index in [0.717, 1.165) is 0 Å². The Hall–Kier alpha value is -3.91. The predicted octanol–water partition coefficient (Wildman–Crippen LogP) is 0.388. The van der Waals surface area contributed by atoms with Gasteiger partial charge in [-0.05, 0) is 56.3 Å². The van der Waals surface area contributed by atoms with Crippen molar-refractivity contribution in [3.63, 3.8) is 0 Å². The van der Waals surface area contributed by atoms with Gasteiger partial charge in [-0.1, -0.05) is 6.07 Å². The number of hydrogen-bond acceptors (Lipinski definition) is 12. The number of cyclic esters (lactones) is 2. The summed E-state index contributed by atoms with van der Waals surface area (Å²) in [6, 6.07) is 3.49. The van der Waals surface area contributed by atoms with Gasteiger partial charge in [0.15, 0.2) is 5.82 Å². The molecule has 5 heterocycles. The highest BCUT2D eigenvalue weighted by Crippen LogP contribution is 2.42. The Kier molecular flexibility index (Phi) is 7.08. The highest BCUT2D eigenvalue weighted by molar-refractivity contribution is 5.92. The van der Waals surface area contributed by atoms with E-state index in [1.165, 1.54) is 15.9 Å². The van der Waals surface area contributed by atoms with Crippen molar-refractivity contribution in [2.45, 2.75) is 38.9 Å². The molecule has 1 amide bonds. The number of aromatic nitrogens is 5. The van der Waals surface area contributed by atoms with Crippen LogP contribution in [0.25, 0.3) is 5.82 Å². The molecule has 0 aromatic carbocycles. The molecule has 2 saturated heterocycles. The fourth-order valence-corrected chi connectivity index (χ4v) is 5.13. The molecule has 38 heavy (non-hydrogen) atoms. The first-order chi connectivity index (χ1) is 18.3. The van der Waals surface area contributed by atoms with E-state index in [9.17, 15) is 19.5 Å². The Morgan fingerprint density at radius 2 is 2.08 bits per heavy atom. The third-order valence-corrected chi connectivity index (χ3v) is 7.43. The zero-order valence-electron chi connectivity index (χ0n) is 21.1. The van der Waals surface area contributed by atoms with Gasteiger partial charge in [0, 0.05) is 18.3 Å². The van der Waals surface area contributed by atoms with Gasteiger partial charge in [0.2, 0.25) is 0 Å². The standard InChI is InChI=1S/C24H29N7O7/c1-3-36-22(34)24(19-12-30(23(35)38-19)17-13-37-21(33)15(17)2)6-8-29(9-7-24)11-18(32)16-4-5-20(25-10-16)31-14-26-27-28-31/h4-5,10,14,18-19,32H,3,6-9,11-13H2,1-2H3/t18-,19?/m0/s1. The van der Waals surface area contributed by atoms with Crippen LogP contribution in [0.5, 0.6) is 0 Å². The van der Waals surface area contributed by atoms with Crippen molar-refractivity contribution in [1.82, 2.24) is 35.0 Å². The third-order valence-electron chi connectivity index (χ3n) is 7.43. The average Bonchev–Trinajstić information content (AvgIpc) is 3.67. The van der Waals surface area contributed by atoms with Crippen LogP contribution >= 0.6 is 0 Å². The minimum absolute atomic E-state index is 0.00385. The van der Waals surface area contributed by atoms with E-state index < -0.39 is 35.7 Å². The highest BCUT2D eigenvalue weighted by Gasteiger charge is 2.55. The monoisotopic (exact) mass is 527 g/mol. The number of ether oxygens (including phenoxy) is 3. The van der Waals surface area contributed by atoms with Crippen molar-refractivity contribution in [2.24, 2.45) is 5.41 Å². The summed E-state index contributed by atoms with van der Waals surface area (Å²) in [5, 5.41) is 21.8. The van der Waals surface area contributed by atoms with E-state index in [4.69, 9.17) is 14.2 Å². The van der Waals surface area contributed by atoms with E-state index in [2.05, 4.69) is 25.4 Å². The fourth-order valence-electron chi connectivity index (χ4n) is 5.13. The van der Waals surface area contributed by atoms with Gasteiger partial charge in [-0.15, -0.1) is 5.10 Å². The molecule has 3 aliphatic heterocycles. The van der Waals surface area contributed by atoms with Crippen molar-refractivity contribution in [3.05, 3.63) is 41.5 Å². The van der Waals surface area contributed by atoms with E-state index in [1.54, 1.807) is 32.2 Å². The maximum absolute atomic E-state index is 13.2. The number of β-amino-alcohol motifs (C(OH)–C–C–N with tert-alkyl or cyclic N) is 1. The lowest BCUT2D eigenvalue weighted by Gasteiger charge is -2.42. The minimum Gasteiger partial charge on any atom is -0.465 e. The van der Waals surface area contributed by atoms with Crippen LogP contribution in [0.2, 0.25) is 0 Å². The first kappa shape index (κ1) is 25.7. The molecule has 2 atom stereocenters. The van der Waals surface area contributed by atoms with Crippen molar-refractivity contribution in [1.29, 1.82) is 0 Å². The van der Waals surface area contributed by atoms with Crippen molar-refractivity contribution >= 4 is 18.0 Å². The van der Waals surface area contributed by atoms with Gasteiger partial charge in [-0.3, -0.25) is 9.69 Å². The second kappa shape index (κ2) is 10.5. The van der Waals surface area contributed by atoms with E-state index in [0.29, 0.717) is 55.1 Å². The summed E-state index contributed by atoms with van der Waals surface area (Å²) in [5.74, 6) is -0.349. The first-order valence-corrected chi connectivity index (χ1v) is 12.4. The molecule has 3 aliphatic rings. The van der Waals surface area contributed by atoms with Crippen molar-refractivity contribution in [2.75, 3.05) is 39.4 Å². The number of piperidine rings is 1. The SMILES string of the molecule is CCOC(=O)C1(C2CN(C3=C(C)C(=O)OC3)C(=O)O2)CCN(C[C@H](O)c2ccc(-n3cnnn3)nc2)CC1. The third kappa shape index (κ3) is 4.72.